The van der Waals surface area contributed by atoms with E-state index >= 15 is 0 Å². The van der Waals surface area contributed by atoms with Crippen LogP contribution in [0.15, 0.2) is 0 Å². The van der Waals surface area contributed by atoms with E-state index in [9.17, 15) is 13.2 Å². The monoisotopic (exact) mass is 544 g/mol. The van der Waals surface area contributed by atoms with Crippen LogP contribution in [-0.2, 0) is 37.4 Å². The average molecular weight is 543 g/mol. The summed E-state index contributed by atoms with van der Waals surface area (Å²) in [5.74, 6) is 0. The van der Waals surface area contributed by atoms with Gasteiger partial charge in [-0.1, -0.05) is 27.7 Å². The van der Waals surface area contributed by atoms with Crippen LogP contribution < -0.4 is 0 Å². The summed E-state index contributed by atoms with van der Waals surface area (Å²) >= 11 is 0. The van der Waals surface area contributed by atoms with Crippen LogP contribution in [0.25, 0.3) is 0 Å². The van der Waals surface area contributed by atoms with Gasteiger partial charge in [0.2, 0.25) is 0 Å². The first kappa shape index (κ1) is 31.4. The van der Waals surface area contributed by atoms with E-state index in [2.05, 4.69) is 85.2 Å². The van der Waals surface area contributed by atoms with E-state index in [1.807, 2.05) is 0 Å². The van der Waals surface area contributed by atoms with Crippen molar-refractivity contribution in [1.82, 2.24) is 4.90 Å². The Balaban J connectivity index is 0. The molecule has 2 aliphatic heterocycles. The zero-order valence-electron chi connectivity index (χ0n) is 19.6. The fourth-order valence-corrected chi connectivity index (χ4v) is 4.20. The van der Waals surface area contributed by atoms with E-state index < -0.39 is 15.6 Å². The van der Waals surface area contributed by atoms with E-state index in [4.69, 9.17) is 13.0 Å². The second kappa shape index (κ2) is 9.81. The van der Waals surface area contributed by atoms with Crippen LogP contribution in [0, 0.1) is 10.8 Å². The molecule has 0 bridgehead atoms. The Labute approximate surface area is 195 Å². The Kier molecular flexibility index (Phi) is 10.6. The zero-order chi connectivity index (χ0) is 23.0. The summed E-state index contributed by atoms with van der Waals surface area (Å²) < 4.78 is 61.2. The van der Waals surface area contributed by atoms with Gasteiger partial charge in [0.15, 0.2) is 15.7 Å². The molecule has 2 rings (SSSR count). The van der Waals surface area contributed by atoms with Crippen molar-refractivity contribution in [3.05, 3.63) is 0 Å². The van der Waals surface area contributed by atoms with Crippen molar-refractivity contribution in [1.29, 1.82) is 0 Å². The van der Waals surface area contributed by atoms with Gasteiger partial charge in [-0.15, -0.1) is 0 Å². The quantitative estimate of drug-likeness (QED) is 0.200. The van der Waals surface area contributed by atoms with Gasteiger partial charge < -0.3 is 9.45 Å². The van der Waals surface area contributed by atoms with E-state index in [-0.39, 0.29) is 27.3 Å². The molecule has 0 radical (unpaired) electrons. The Morgan fingerprint density at radius 2 is 1.38 bits per heavy atom. The molecule has 0 saturated carbocycles. The number of alkyl halides is 3. The Bertz CT molecular complexity index is 685. The summed E-state index contributed by atoms with van der Waals surface area (Å²) in [6, 6.07) is 0. The minimum Gasteiger partial charge on any atom is -0.741 e. The maximum atomic E-state index is 10.7. The molecule has 170 valence electrons. The molecular formula is C19H37CdF3N2O3S. The smallest absolute Gasteiger partial charge is 0.485 e. The third-order valence-electron chi connectivity index (χ3n) is 5.28. The molecule has 0 unspecified atom stereocenters. The molecule has 0 atom stereocenters. The van der Waals surface area contributed by atoms with E-state index in [0.717, 1.165) is 0 Å². The number of likely N-dealkylation sites (tertiary alicyclic amines) is 1. The van der Waals surface area contributed by atoms with Crippen LogP contribution in [0.3, 0.4) is 0 Å². The molecule has 0 amide bonds. The molecule has 1 fully saturated rings. The van der Waals surface area contributed by atoms with Crippen molar-refractivity contribution < 1.29 is 58.0 Å². The first-order chi connectivity index (χ1) is 11.9. The number of hydrogen-bond acceptors (Lipinski definition) is 4. The van der Waals surface area contributed by atoms with Crippen molar-refractivity contribution in [2.24, 2.45) is 10.8 Å². The third-order valence-corrected chi connectivity index (χ3v) is 5.85. The summed E-state index contributed by atoms with van der Waals surface area (Å²) in [7, 11) is -1.71. The summed E-state index contributed by atoms with van der Waals surface area (Å²) in [4.78, 5) is 2.45. The minimum absolute atomic E-state index is 0. The number of halogens is 3. The van der Waals surface area contributed by atoms with Crippen LogP contribution >= 0.6 is 0 Å². The summed E-state index contributed by atoms with van der Waals surface area (Å²) in [6.45, 7) is 19.7. The van der Waals surface area contributed by atoms with Crippen LogP contribution in [0.2, 0.25) is 0 Å². The molecule has 2 heterocycles. The fraction of sp³-hybridized carbons (Fsp3) is 0.947. The standard InChI is InChI=1S/C9H19N.C9H18N.CHF3O3S.Cd/c2*1-8(2)6-9(3,4)10(5)7-8;2-1(3,4)8(5,6)7;/h6-7H2,1-5H3;7H,6H2,1-5H3;(H,5,6,7);/q;+1;;/p-1. The van der Waals surface area contributed by atoms with Crippen molar-refractivity contribution in [2.45, 2.75) is 84.8 Å². The molecule has 29 heavy (non-hydrogen) atoms. The number of rotatable bonds is 0. The minimum atomic E-state index is -6.09. The largest absolute Gasteiger partial charge is 0.741 e. The van der Waals surface area contributed by atoms with Gasteiger partial charge >= 0.3 is 5.51 Å². The number of hydrogen-bond donors (Lipinski definition) is 0. The van der Waals surface area contributed by atoms with Crippen LogP contribution in [0.1, 0.15) is 68.2 Å². The van der Waals surface area contributed by atoms with Gasteiger partial charge in [-0.3, -0.25) is 0 Å². The predicted octanol–water partition coefficient (Wildman–Crippen LogP) is 4.08. The SMILES string of the molecule is CN1CC(C)(C)CC1(C)C.C[N+]1=CC(C)(C)CC1(C)C.O=S(=O)([O-])C(F)(F)F.[Cd]. The molecule has 0 spiro atoms. The zero-order valence-corrected chi connectivity index (χ0v) is 24.4. The second-order valence-corrected chi connectivity index (χ2v) is 12.0. The molecule has 5 nitrogen and oxygen atoms in total. The van der Waals surface area contributed by atoms with Crippen LogP contribution in [0.4, 0.5) is 13.2 Å². The summed E-state index contributed by atoms with van der Waals surface area (Å²) in [5.41, 5.74) is -3.93. The maximum absolute atomic E-state index is 10.7. The molecule has 10 heteroatoms. The topological polar surface area (TPSA) is 63.5 Å². The fourth-order valence-electron chi connectivity index (χ4n) is 4.20. The van der Waals surface area contributed by atoms with Crippen molar-refractivity contribution in [2.75, 3.05) is 20.6 Å². The number of nitrogens with zero attached hydrogens (tertiary/aromatic N) is 2. The molecule has 1 saturated heterocycles. The van der Waals surface area contributed by atoms with Crippen molar-refractivity contribution >= 4 is 16.3 Å². The van der Waals surface area contributed by atoms with Gasteiger partial charge in [0, 0.05) is 51.2 Å². The van der Waals surface area contributed by atoms with Crippen LogP contribution in [-0.4, -0.2) is 65.9 Å². The van der Waals surface area contributed by atoms with Gasteiger partial charge in [-0.2, -0.15) is 13.2 Å². The van der Waals surface area contributed by atoms with Gasteiger partial charge in [0.25, 0.3) is 0 Å². The van der Waals surface area contributed by atoms with Gasteiger partial charge in [0.1, 0.15) is 13.3 Å². The van der Waals surface area contributed by atoms with E-state index in [0.29, 0.717) is 21.9 Å². The van der Waals surface area contributed by atoms with Gasteiger partial charge in [-0.25, -0.2) is 13.0 Å². The van der Waals surface area contributed by atoms with Crippen molar-refractivity contribution in [3.63, 3.8) is 0 Å². The average Bonchev–Trinajstić information content (AvgIpc) is 2.63. The van der Waals surface area contributed by atoms with Crippen molar-refractivity contribution in [3.8, 4) is 0 Å². The normalized spacial score (nSPS) is 24.3. The molecule has 2 aliphatic rings. The van der Waals surface area contributed by atoms with Crippen LogP contribution in [0.5, 0.6) is 0 Å². The van der Waals surface area contributed by atoms with E-state index in [1.165, 1.54) is 19.4 Å². The predicted molar refractivity (Wildman–Crippen MR) is 106 cm³/mol. The van der Waals surface area contributed by atoms with E-state index in [1.54, 1.807) is 0 Å². The Morgan fingerprint density at radius 1 is 1.00 bits per heavy atom. The molecular weight excluding hydrogens is 506 g/mol. The second-order valence-electron chi connectivity index (χ2n) is 10.6. The summed E-state index contributed by atoms with van der Waals surface area (Å²) in [6.07, 6.45) is 4.90. The Hall–Kier alpha value is 0.252. The molecule has 0 aromatic heterocycles. The Morgan fingerprint density at radius 3 is 1.45 bits per heavy atom. The molecule has 0 aliphatic carbocycles. The molecule has 0 aromatic carbocycles. The first-order valence-electron chi connectivity index (χ1n) is 9.24. The van der Waals surface area contributed by atoms with Gasteiger partial charge in [-0.05, 0) is 46.6 Å². The maximum Gasteiger partial charge on any atom is 0.485 e. The first-order valence-corrected chi connectivity index (χ1v) is 10.7. The molecule has 0 aromatic rings. The summed E-state index contributed by atoms with van der Waals surface area (Å²) in [5, 5.41) is 0. The molecule has 0 N–H and O–H groups in total. The van der Waals surface area contributed by atoms with Gasteiger partial charge in [0.05, 0.1) is 0 Å². The third kappa shape index (κ3) is 10.4.